The average molecular weight is 230 g/mol. The van der Waals surface area contributed by atoms with Gasteiger partial charge < -0.3 is 20.8 Å². The number of anilines is 1. The predicted molar refractivity (Wildman–Crippen MR) is 55.0 cm³/mol. The molecule has 15 heavy (non-hydrogen) atoms. The smallest absolute Gasteiger partial charge is 0.328 e. The van der Waals surface area contributed by atoms with Gasteiger partial charge in [0.2, 0.25) is 0 Å². The summed E-state index contributed by atoms with van der Waals surface area (Å²) in [5, 5.41) is 25.2. The van der Waals surface area contributed by atoms with Crippen LogP contribution in [0.5, 0.6) is 0 Å². The minimum Gasteiger partial charge on any atom is -0.480 e. The molecule has 1 rings (SSSR count). The normalized spacial score (nSPS) is 11.8. The number of hydrogen-bond donors (Lipinski definition) is 4. The van der Waals surface area contributed by atoms with Crippen LogP contribution in [-0.4, -0.2) is 34.9 Å². The van der Waals surface area contributed by atoms with E-state index in [1.165, 1.54) is 11.3 Å². The van der Waals surface area contributed by atoms with Crippen LogP contribution in [0.15, 0.2) is 16.8 Å². The van der Waals surface area contributed by atoms with Crippen LogP contribution in [0.1, 0.15) is 0 Å². The van der Waals surface area contributed by atoms with Crippen LogP contribution in [-0.2, 0) is 4.79 Å². The Balaban J connectivity index is 2.45. The number of aliphatic hydroxyl groups excluding tert-OH is 1. The summed E-state index contributed by atoms with van der Waals surface area (Å²) in [6.07, 6.45) is 0. The minimum absolute atomic E-state index is 0.583. The highest BCUT2D eigenvalue weighted by molar-refractivity contribution is 7.08. The number of carboxylic acid groups (broad SMARTS) is 1. The van der Waals surface area contributed by atoms with Crippen molar-refractivity contribution in [3.63, 3.8) is 0 Å². The summed E-state index contributed by atoms with van der Waals surface area (Å²) in [6.45, 7) is -0.646. The predicted octanol–water partition coefficient (Wildman–Crippen LogP) is 0.315. The van der Waals surface area contributed by atoms with Crippen molar-refractivity contribution in [1.29, 1.82) is 0 Å². The lowest BCUT2D eigenvalue weighted by Gasteiger charge is -2.11. The van der Waals surface area contributed by atoms with Crippen LogP contribution in [0.3, 0.4) is 0 Å². The minimum atomic E-state index is -1.29. The van der Waals surface area contributed by atoms with Gasteiger partial charge in [0.15, 0.2) is 6.04 Å². The van der Waals surface area contributed by atoms with E-state index in [0.29, 0.717) is 5.69 Å². The van der Waals surface area contributed by atoms with Crippen molar-refractivity contribution in [2.75, 3.05) is 11.9 Å². The van der Waals surface area contributed by atoms with Crippen molar-refractivity contribution in [2.24, 2.45) is 0 Å². The fraction of sp³-hybridized carbons (Fsp3) is 0.250. The van der Waals surface area contributed by atoms with Crippen molar-refractivity contribution in [3.05, 3.63) is 16.8 Å². The molecule has 0 radical (unpaired) electrons. The van der Waals surface area contributed by atoms with Gasteiger partial charge in [0, 0.05) is 5.38 Å². The fourth-order valence-electron chi connectivity index (χ4n) is 0.846. The molecule has 0 fully saturated rings. The molecule has 1 heterocycles. The average Bonchev–Trinajstić information content (AvgIpc) is 2.66. The molecule has 0 aromatic carbocycles. The molecule has 2 amide bonds. The largest absolute Gasteiger partial charge is 0.480 e. The van der Waals surface area contributed by atoms with E-state index in [4.69, 9.17) is 10.2 Å². The van der Waals surface area contributed by atoms with Crippen molar-refractivity contribution in [1.82, 2.24) is 5.32 Å². The zero-order valence-corrected chi connectivity index (χ0v) is 8.45. The first-order chi connectivity index (χ1) is 7.13. The Morgan fingerprint density at radius 3 is 2.73 bits per heavy atom. The zero-order chi connectivity index (χ0) is 11.3. The number of thiophene rings is 1. The van der Waals surface area contributed by atoms with E-state index in [-0.39, 0.29) is 0 Å². The quantitative estimate of drug-likeness (QED) is 0.598. The monoisotopic (exact) mass is 230 g/mol. The summed E-state index contributed by atoms with van der Waals surface area (Å²) in [7, 11) is 0. The molecule has 0 saturated heterocycles. The molecule has 1 aromatic rings. The van der Waals surface area contributed by atoms with Gasteiger partial charge >= 0.3 is 12.0 Å². The van der Waals surface area contributed by atoms with Gasteiger partial charge in [-0.15, -0.1) is 0 Å². The lowest BCUT2D eigenvalue weighted by Crippen LogP contribution is -2.45. The van der Waals surface area contributed by atoms with Crippen LogP contribution in [0, 0.1) is 0 Å². The summed E-state index contributed by atoms with van der Waals surface area (Å²) in [4.78, 5) is 21.7. The molecule has 0 saturated carbocycles. The lowest BCUT2D eigenvalue weighted by molar-refractivity contribution is -0.140. The zero-order valence-electron chi connectivity index (χ0n) is 7.64. The Morgan fingerprint density at radius 1 is 1.53 bits per heavy atom. The molecule has 0 aliphatic rings. The highest BCUT2D eigenvalue weighted by Crippen LogP contribution is 2.11. The molecular weight excluding hydrogens is 220 g/mol. The number of amides is 2. The second kappa shape index (κ2) is 5.32. The van der Waals surface area contributed by atoms with E-state index in [9.17, 15) is 9.59 Å². The van der Waals surface area contributed by atoms with Crippen LogP contribution in [0.4, 0.5) is 10.5 Å². The van der Waals surface area contributed by atoms with Crippen molar-refractivity contribution < 1.29 is 19.8 Å². The number of aliphatic carboxylic acids is 1. The van der Waals surface area contributed by atoms with Crippen molar-refractivity contribution in [2.45, 2.75) is 6.04 Å². The number of hydrogen-bond acceptors (Lipinski definition) is 4. The standard InChI is InChI=1S/C8H10N2O4S/c11-3-6(7(12)13)10-8(14)9-5-1-2-15-4-5/h1-2,4,6,11H,3H2,(H,12,13)(H2,9,10,14)/t6-/m1/s1. The molecule has 0 spiro atoms. The molecule has 0 aliphatic heterocycles. The highest BCUT2D eigenvalue weighted by atomic mass is 32.1. The van der Waals surface area contributed by atoms with Gasteiger partial charge in [-0.2, -0.15) is 11.3 Å². The third kappa shape index (κ3) is 3.56. The van der Waals surface area contributed by atoms with E-state index in [0.717, 1.165) is 0 Å². The molecule has 0 unspecified atom stereocenters. The maximum atomic E-state index is 11.2. The second-order valence-corrected chi connectivity index (χ2v) is 3.46. The Kier molecular flexibility index (Phi) is 4.07. The van der Waals surface area contributed by atoms with E-state index in [2.05, 4.69) is 10.6 Å². The van der Waals surface area contributed by atoms with Crippen LogP contribution in [0.2, 0.25) is 0 Å². The summed E-state index contributed by atoms with van der Waals surface area (Å²) in [5.74, 6) is -1.28. The number of urea groups is 1. The summed E-state index contributed by atoms with van der Waals surface area (Å²) in [6, 6.07) is -0.266. The van der Waals surface area contributed by atoms with Gasteiger partial charge in [-0.1, -0.05) is 0 Å². The van der Waals surface area contributed by atoms with Gasteiger partial charge in [-0.3, -0.25) is 0 Å². The molecular formula is C8H10N2O4S. The molecule has 6 nitrogen and oxygen atoms in total. The number of rotatable bonds is 4. The second-order valence-electron chi connectivity index (χ2n) is 2.68. The van der Waals surface area contributed by atoms with Crippen molar-refractivity contribution >= 4 is 29.0 Å². The Bertz CT molecular complexity index is 338. The third-order valence-corrected chi connectivity index (χ3v) is 2.25. The first-order valence-electron chi connectivity index (χ1n) is 4.07. The molecule has 1 atom stereocenters. The van der Waals surface area contributed by atoms with E-state index >= 15 is 0 Å². The summed E-state index contributed by atoms with van der Waals surface area (Å²) in [5.41, 5.74) is 0.583. The number of carbonyl (C=O) groups excluding carboxylic acids is 1. The first-order valence-corrected chi connectivity index (χ1v) is 5.01. The Hall–Kier alpha value is -1.60. The Morgan fingerprint density at radius 2 is 2.27 bits per heavy atom. The van der Waals surface area contributed by atoms with Gasteiger partial charge in [0.25, 0.3) is 0 Å². The number of nitrogens with one attached hydrogen (secondary N) is 2. The van der Waals surface area contributed by atoms with E-state index in [1.54, 1.807) is 16.8 Å². The highest BCUT2D eigenvalue weighted by Gasteiger charge is 2.18. The maximum Gasteiger partial charge on any atom is 0.328 e. The third-order valence-electron chi connectivity index (χ3n) is 1.57. The molecule has 1 aromatic heterocycles. The molecule has 7 heteroatoms. The molecule has 0 bridgehead atoms. The van der Waals surface area contributed by atoms with Crippen LogP contribution >= 0.6 is 11.3 Å². The molecule has 4 N–H and O–H groups in total. The molecule has 82 valence electrons. The van der Waals surface area contributed by atoms with E-state index in [1.807, 2.05) is 0 Å². The number of aliphatic hydroxyl groups is 1. The van der Waals surface area contributed by atoms with Gasteiger partial charge in [-0.05, 0) is 11.4 Å². The fourth-order valence-corrected chi connectivity index (χ4v) is 1.43. The molecule has 0 aliphatic carbocycles. The summed E-state index contributed by atoms with van der Waals surface area (Å²) < 4.78 is 0. The summed E-state index contributed by atoms with van der Waals surface area (Å²) >= 11 is 1.40. The number of carbonyl (C=O) groups is 2. The first kappa shape index (κ1) is 11.5. The van der Waals surface area contributed by atoms with Gasteiger partial charge in [0.05, 0.1) is 12.3 Å². The van der Waals surface area contributed by atoms with Gasteiger partial charge in [-0.25, -0.2) is 9.59 Å². The number of carboxylic acids is 1. The van der Waals surface area contributed by atoms with Crippen LogP contribution < -0.4 is 10.6 Å². The lowest BCUT2D eigenvalue weighted by atomic mass is 10.3. The topological polar surface area (TPSA) is 98.7 Å². The van der Waals surface area contributed by atoms with Crippen LogP contribution in [0.25, 0.3) is 0 Å². The van der Waals surface area contributed by atoms with Gasteiger partial charge in [0.1, 0.15) is 0 Å². The Labute approximate surface area is 89.5 Å². The van der Waals surface area contributed by atoms with Crippen molar-refractivity contribution in [3.8, 4) is 0 Å². The van der Waals surface area contributed by atoms with E-state index < -0.39 is 24.6 Å². The SMILES string of the molecule is O=C(Nc1ccsc1)N[C@H](CO)C(=O)O. The maximum absolute atomic E-state index is 11.2.